The molecule has 1 nitrogen and oxygen atoms in total. The fourth-order valence-corrected chi connectivity index (χ4v) is 3.73. The van der Waals surface area contributed by atoms with Gasteiger partial charge in [-0.15, -0.1) is 11.6 Å². The molecule has 0 fully saturated rings. The van der Waals surface area contributed by atoms with Crippen LogP contribution < -0.4 is 5.32 Å². The molecule has 0 amide bonds. The molecular weight excluding hydrogens is 371 g/mol. The van der Waals surface area contributed by atoms with Gasteiger partial charge in [0, 0.05) is 6.04 Å². The topological polar surface area (TPSA) is 12.0 Å². The second kappa shape index (κ2) is 8.49. The fraction of sp³-hybridized carbons (Fsp3) is 0.364. The summed E-state index contributed by atoms with van der Waals surface area (Å²) in [7, 11) is 0. The van der Waals surface area contributed by atoms with E-state index in [0.29, 0.717) is 18.5 Å². The Morgan fingerprint density at radius 2 is 1.93 bits per heavy atom. The molecule has 1 aliphatic carbocycles. The van der Waals surface area contributed by atoms with Crippen LogP contribution in [0.15, 0.2) is 48.5 Å². The van der Waals surface area contributed by atoms with E-state index in [1.165, 1.54) is 22.8 Å². The molecule has 0 heterocycles. The summed E-state index contributed by atoms with van der Waals surface area (Å²) in [6, 6.07) is 11.8. The maximum absolute atomic E-state index is 12.9. The normalized spacial score (nSPS) is 16.0. The number of rotatable bonds is 6. The Labute approximate surface area is 163 Å². The van der Waals surface area contributed by atoms with E-state index in [1.54, 1.807) is 6.07 Å². The van der Waals surface area contributed by atoms with Crippen LogP contribution in [-0.2, 0) is 12.6 Å². The molecule has 2 atom stereocenters. The first-order chi connectivity index (χ1) is 12.9. The second-order valence-electron chi connectivity index (χ2n) is 6.92. The van der Waals surface area contributed by atoms with E-state index in [9.17, 15) is 13.2 Å². The molecule has 2 aromatic rings. The quantitative estimate of drug-likeness (QED) is 0.539. The number of allylic oxidation sites excluding steroid dienone is 1. The minimum atomic E-state index is -4.35. The van der Waals surface area contributed by atoms with Crippen molar-refractivity contribution >= 4 is 17.7 Å². The Morgan fingerprint density at radius 3 is 2.70 bits per heavy atom. The summed E-state index contributed by atoms with van der Waals surface area (Å²) in [4.78, 5) is 0. The number of alkyl halides is 4. The third-order valence-electron chi connectivity index (χ3n) is 4.99. The third-order valence-corrected chi connectivity index (χ3v) is 5.46. The van der Waals surface area contributed by atoms with Crippen LogP contribution in [-0.4, -0.2) is 6.54 Å². The van der Waals surface area contributed by atoms with Crippen molar-refractivity contribution in [2.75, 3.05) is 6.54 Å². The summed E-state index contributed by atoms with van der Waals surface area (Å²) in [6.45, 7) is 2.73. The Bertz CT molecular complexity index is 813. The van der Waals surface area contributed by atoms with Gasteiger partial charge in [0.1, 0.15) is 0 Å². The van der Waals surface area contributed by atoms with Crippen LogP contribution >= 0.6 is 11.6 Å². The molecule has 0 saturated heterocycles. The largest absolute Gasteiger partial charge is 0.416 e. The molecule has 0 spiro atoms. The zero-order chi connectivity index (χ0) is 19.4. The molecule has 0 aliphatic heterocycles. The van der Waals surface area contributed by atoms with Crippen LogP contribution in [0, 0.1) is 0 Å². The molecule has 0 saturated carbocycles. The lowest BCUT2D eigenvalue weighted by atomic mass is 9.90. The van der Waals surface area contributed by atoms with Crippen molar-refractivity contribution in [1.82, 2.24) is 5.32 Å². The van der Waals surface area contributed by atoms with Gasteiger partial charge in [0.2, 0.25) is 0 Å². The summed E-state index contributed by atoms with van der Waals surface area (Å²) in [5.74, 6) is 0. The van der Waals surface area contributed by atoms with E-state index in [4.69, 9.17) is 11.6 Å². The van der Waals surface area contributed by atoms with Crippen LogP contribution in [0.3, 0.4) is 0 Å². The number of halogens is 4. The highest BCUT2D eigenvalue weighted by molar-refractivity contribution is 6.20. The summed E-state index contributed by atoms with van der Waals surface area (Å²) >= 11 is 6.35. The zero-order valence-corrected chi connectivity index (χ0v) is 15.9. The highest BCUT2D eigenvalue weighted by Gasteiger charge is 2.30. The monoisotopic (exact) mass is 393 g/mol. The van der Waals surface area contributed by atoms with E-state index in [1.807, 2.05) is 0 Å². The molecule has 2 aromatic carbocycles. The lowest BCUT2D eigenvalue weighted by Crippen LogP contribution is -2.22. The molecule has 1 aliphatic rings. The van der Waals surface area contributed by atoms with E-state index in [-0.39, 0.29) is 6.04 Å². The van der Waals surface area contributed by atoms with Crippen LogP contribution in [0.25, 0.3) is 6.08 Å². The van der Waals surface area contributed by atoms with Gasteiger partial charge < -0.3 is 5.32 Å². The van der Waals surface area contributed by atoms with Crippen LogP contribution in [0.5, 0.6) is 0 Å². The predicted octanol–water partition coefficient (Wildman–Crippen LogP) is 6.69. The molecule has 144 valence electrons. The minimum Gasteiger partial charge on any atom is -0.310 e. The van der Waals surface area contributed by atoms with Gasteiger partial charge in [-0.2, -0.15) is 13.2 Å². The van der Waals surface area contributed by atoms with Crippen molar-refractivity contribution in [2.24, 2.45) is 0 Å². The number of fused-ring (bicyclic) bond motifs is 1. The van der Waals surface area contributed by atoms with Gasteiger partial charge >= 0.3 is 6.18 Å². The lowest BCUT2D eigenvalue weighted by Gasteiger charge is -2.21. The van der Waals surface area contributed by atoms with Gasteiger partial charge in [-0.05, 0) is 61.1 Å². The van der Waals surface area contributed by atoms with Crippen molar-refractivity contribution in [3.05, 3.63) is 76.4 Å². The molecule has 0 radical (unpaired) electrons. The maximum atomic E-state index is 12.9. The second-order valence-corrected chi connectivity index (χ2v) is 7.44. The van der Waals surface area contributed by atoms with E-state index in [2.05, 4.69) is 42.6 Å². The first kappa shape index (κ1) is 20.0. The molecule has 3 rings (SSSR count). The van der Waals surface area contributed by atoms with Crippen LogP contribution in [0.1, 0.15) is 59.0 Å². The Kier molecular flexibility index (Phi) is 6.28. The summed E-state index contributed by atoms with van der Waals surface area (Å²) in [5, 5.41) is 2.99. The molecule has 2 unspecified atom stereocenters. The SMILES string of the molecule is CC(NCCC(Cl)c1cccc(C(F)(F)F)c1)c1cccc2c1C=CCC2. The summed E-state index contributed by atoms with van der Waals surface area (Å²) in [6.07, 6.45) is 2.71. The molecule has 27 heavy (non-hydrogen) atoms. The van der Waals surface area contributed by atoms with E-state index < -0.39 is 17.1 Å². The first-order valence-corrected chi connectivity index (χ1v) is 9.63. The van der Waals surface area contributed by atoms with Gasteiger partial charge in [-0.1, -0.05) is 48.6 Å². The van der Waals surface area contributed by atoms with E-state index >= 15 is 0 Å². The van der Waals surface area contributed by atoms with Gasteiger partial charge in [-0.25, -0.2) is 0 Å². The first-order valence-electron chi connectivity index (χ1n) is 9.19. The number of aryl methyl sites for hydroxylation is 1. The number of hydrogen-bond donors (Lipinski definition) is 1. The average molecular weight is 394 g/mol. The zero-order valence-electron chi connectivity index (χ0n) is 15.2. The predicted molar refractivity (Wildman–Crippen MR) is 105 cm³/mol. The number of benzene rings is 2. The number of hydrogen-bond acceptors (Lipinski definition) is 1. The molecule has 0 bridgehead atoms. The van der Waals surface area contributed by atoms with Crippen LogP contribution in [0.4, 0.5) is 13.2 Å². The van der Waals surface area contributed by atoms with Gasteiger partial charge in [-0.3, -0.25) is 0 Å². The van der Waals surface area contributed by atoms with E-state index in [0.717, 1.165) is 25.0 Å². The average Bonchev–Trinajstić information content (AvgIpc) is 2.66. The fourth-order valence-electron chi connectivity index (χ4n) is 3.48. The van der Waals surface area contributed by atoms with Gasteiger partial charge in [0.05, 0.1) is 10.9 Å². The standard InChI is InChI=1S/C22H23ClF3N/c1-15(19-11-5-7-16-6-2-3-10-20(16)19)27-13-12-21(23)17-8-4-9-18(14-17)22(24,25)26/h3-5,7-11,14-15,21,27H,2,6,12-13H2,1H3. The van der Waals surface area contributed by atoms with Crippen LogP contribution in [0.2, 0.25) is 0 Å². The number of nitrogens with one attached hydrogen (secondary N) is 1. The van der Waals surface area contributed by atoms with Crippen molar-refractivity contribution in [1.29, 1.82) is 0 Å². The Morgan fingerprint density at radius 1 is 1.15 bits per heavy atom. The Balaban J connectivity index is 1.60. The summed E-state index contributed by atoms with van der Waals surface area (Å²) in [5.41, 5.74) is 3.73. The molecule has 5 heteroatoms. The molecule has 1 N–H and O–H groups in total. The summed E-state index contributed by atoms with van der Waals surface area (Å²) < 4.78 is 38.6. The Hall–Kier alpha value is -1.78. The lowest BCUT2D eigenvalue weighted by molar-refractivity contribution is -0.137. The molecular formula is C22H23ClF3N. The van der Waals surface area contributed by atoms with Crippen molar-refractivity contribution < 1.29 is 13.2 Å². The van der Waals surface area contributed by atoms with Gasteiger partial charge in [0.15, 0.2) is 0 Å². The van der Waals surface area contributed by atoms with Crippen molar-refractivity contribution in [2.45, 2.75) is 43.8 Å². The highest BCUT2D eigenvalue weighted by Crippen LogP contribution is 2.33. The van der Waals surface area contributed by atoms with Crippen molar-refractivity contribution in [3.63, 3.8) is 0 Å². The van der Waals surface area contributed by atoms with Crippen molar-refractivity contribution in [3.8, 4) is 0 Å². The minimum absolute atomic E-state index is 0.146. The third kappa shape index (κ3) is 4.94. The smallest absolute Gasteiger partial charge is 0.310 e. The van der Waals surface area contributed by atoms with Gasteiger partial charge in [0.25, 0.3) is 0 Å². The molecule has 0 aromatic heterocycles. The highest BCUT2D eigenvalue weighted by atomic mass is 35.5. The maximum Gasteiger partial charge on any atom is 0.416 e.